The predicted molar refractivity (Wildman–Crippen MR) is 86.6 cm³/mol. The Morgan fingerprint density at radius 2 is 1.83 bits per heavy atom. The summed E-state index contributed by atoms with van der Waals surface area (Å²) in [6, 6.07) is 4.14. The van der Waals surface area contributed by atoms with Crippen molar-refractivity contribution in [3.05, 3.63) is 23.8 Å². The van der Waals surface area contributed by atoms with Crippen molar-refractivity contribution in [2.45, 2.75) is 18.2 Å². The van der Waals surface area contributed by atoms with Gasteiger partial charge in [-0.2, -0.15) is 4.31 Å². The van der Waals surface area contributed by atoms with E-state index in [1.165, 1.54) is 22.5 Å². The Morgan fingerprint density at radius 3 is 2.38 bits per heavy atom. The van der Waals surface area contributed by atoms with Gasteiger partial charge in [0.1, 0.15) is 0 Å². The summed E-state index contributed by atoms with van der Waals surface area (Å²) in [7, 11) is -7.34. The summed E-state index contributed by atoms with van der Waals surface area (Å²) in [5, 5.41) is 0. The summed E-state index contributed by atoms with van der Waals surface area (Å²) in [6.07, 6.45) is -0.0603. The Balaban J connectivity index is 1.97. The van der Waals surface area contributed by atoms with Gasteiger partial charge in [0.25, 0.3) is 0 Å². The SMILES string of the molecule is Cc1cc(N2C(=O)CCS2(=O)=O)ccc1S(=O)(=O)N1CCOCC1. The molecule has 1 amide bonds. The van der Waals surface area contributed by atoms with E-state index >= 15 is 0 Å². The monoisotopic (exact) mass is 374 g/mol. The molecule has 3 rings (SSSR count). The van der Waals surface area contributed by atoms with E-state index in [1.54, 1.807) is 6.92 Å². The molecule has 0 bridgehead atoms. The van der Waals surface area contributed by atoms with Crippen molar-refractivity contribution >= 4 is 31.6 Å². The lowest BCUT2D eigenvalue weighted by Gasteiger charge is -2.27. The Bertz CT molecular complexity index is 873. The third kappa shape index (κ3) is 2.94. The van der Waals surface area contributed by atoms with Crippen molar-refractivity contribution in [2.75, 3.05) is 36.4 Å². The molecular formula is C14H18N2O6S2. The molecule has 24 heavy (non-hydrogen) atoms. The van der Waals surface area contributed by atoms with Crippen molar-refractivity contribution in [1.29, 1.82) is 0 Å². The highest BCUT2D eigenvalue weighted by molar-refractivity contribution is 7.94. The summed E-state index contributed by atoms with van der Waals surface area (Å²) in [6.45, 7) is 2.84. The molecule has 2 aliphatic rings. The molecule has 132 valence electrons. The van der Waals surface area contributed by atoms with E-state index in [0.717, 1.165) is 4.31 Å². The van der Waals surface area contributed by atoms with Crippen LogP contribution in [-0.2, 0) is 29.6 Å². The topological polar surface area (TPSA) is 101 Å². The number of hydrogen-bond donors (Lipinski definition) is 0. The van der Waals surface area contributed by atoms with Gasteiger partial charge in [-0.05, 0) is 30.7 Å². The fraction of sp³-hybridized carbons (Fsp3) is 0.500. The van der Waals surface area contributed by atoms with Gasteiger partial charge in [-0.25, -0.2) is 21.1 Å². The van der Waals surface area contributed by atoms with Gasteiger partial charge < -0.3 is 4.74 Å². The number of nitrogens with zero attached hydrogens (tertiary/aromatic N) is 2. The number of aryl methyl sites for hydroxylation is 1. The molecule has 10 heteroatoms. The van der Waals surface area contributed by atoms with Gasteiger partial charge in [0.15, 0.2) is 0 Å². The van der Waals surface area contributed by atoms with Crippen molar-refractivity contribution in [3.63, 3.8) is 0 Å². The number of hydrogen-bond acceptors (Lipinski definition) is 6. The highest BCUT2D eigenvalue weighted by Gasteiger charge is 2.37. The van der Waals surface area contributed by atoms with Gasteiger partial charge in [-0.1, -0.05) is 0 Å². The standard InChI is InChI=1S/C14H18N2O6S2/c1-11-10-12(16-14(17)4-9-23(16,18)19)2-3-13(11)24(20,21)15-5-7-22-8-6-15/h2-3,10H,4-9H2,1H3. The highest BCUT2D eigenvalue weighted by Crippen LogP contribution is 2.29. The molecule has 0 spiro atoms. The number of rotatable bonds is 3. The van der Waals surface area contributed by atoms with Crippen LogP contribution < -0.4 is 4.31 Å². The first kappa shape index (κ1) is 17.3. The first-order valence-electron chi connectivity index (χ1n) is 7.48. The number of ether oxygens (including phenoxy) is 1. The summed E-state index contributed by atoms with van der Waals surface area (Å²) in [5.41, 5.74) is 0.574. The number of carbonyl (C=O) groups excluding carboxylic acids is 1. The Kier molecular flexibility index (Phi) is 4.41. The van der Waals surface area contributed by atoms with Crippen LogP contribution in [0.3, 0.4) is 0 Å². The highest BCUT2D eigenvalue weighted by atomic mass is 32.2. The zero-order chi connectivity index (χ0) is 17.5. The van der Waals surface area contributed by atoms with Gasteiger partial charge in [0, 0.05) is 19.5 Å². The summed E-state index contributed by atoms with van der Waals surface area (Å²) in [4.78, 5) is 11.9. The third-order valence-electron chi connectivity index (χ3n) is 4.06. The van der Waals surface area contributed by atoms with E-state index in [0.29, 0.717) is 18.8 Å². The fourth-order valence-electron chi connectivity index (χ4n) is 2.84. The average Bonchev–Trinajstić information content (AvgIpc) is 2.81. The molecule has 0 N–H and O–H groups in total. The van der Waals surface area contributed by atoms with Gasteiger partial charge >= 0.3 is 0 Å². The molecule has 2 heterocycles. The maximum atomic E-state index is 12.7. The second-order valence-corrected chi connectivity index (χ2v) is 9.53. The van der Waals surface area contributed by atoms with Crippen LogP contribution >= 0.6 is 0 Å². The molecule has 1 aromatic rings. The van der Waals surface area contributed by atoms with Crippen LogP contribution in [0.15, 0.2) is 23.1 Å². The quantitative estimate of drug-likeness (QED) is 0.743. The zero-order valence-electron chi connectivity index (χ0n) is 13.1. The van der Waals surface area contributed by atoms with Gasteiger partial charge in [-0.15, -0.1) is 0 Å². The Hall–Kier alpha value is -1.49. The van der Waals surface area contributed by atoms with E-state index < -0.39 is 26.0 Å². The van der Waals surface area contributed by atoms with E-state index in [1.807, 2.05) is 0 Å². The van der Waals surface area contributed by atoms with Crippen molar-refractivity contribution in [3.8, 4) is 0 Å². The number of benzene rings is 1. The van der Waals surface area contributed by atoms with Crippen LogP contribution in [0.5, 0.6) is 0 Å². The third-order valence-corrected chi connectivity index (χ3v) is 7.81. The number of carbonyl (C=O) groups is 1. The van der Waals surface area contributed by atoms with E-state index in [9.17, 15) is 21.6 Å². The van der Waals surface area contributed by atoms with E-state index in [2.05, 4.69) is 0 Å². The van der Waals surface area contributed by atoms with Gasteiger partial charge in [-0.3, -0.25) is 4.79 Å². The summed E-state index contributed by atoms with van der Waals surface area (Å²) < 4.78 is 56.6. The fourth-order valence-corrected chi connectivity index (χ4v) is 5.91. The van der Waals surface area contributed by atoms with Gasteiger partial charge in [0.05, 0.1) is 29.5 Å². The smallest absolute Gasteiger partial charge is 0.243 e. The van der Waals surface area contributed by atoms with Crippen molar-refractivity contribution in [1.82, 2.24) is 4.31 Å². The second-order valence-electron chi connectivity index (χ2n) is 5.69. The molecule has 2 fully saturated rings. The Labute approximate surface area is 141 Å². The minimum absolute atomic E-state index is 0.0603. The number of morpholine rings is 1. The van der Waals surface area contributed by atoms with Crippen LogP contribution in [0, 0.1) is 6.92 Å². The van der Waals surface area contributed by atoms with Crippen LogP contribution in [0.4, 0.5) is 5.69 Å². The minimum atomic E-state index is -3.67. The van der Waals surface area contributed by atoms with Crippen molar-refractivity contribution in [2.24, 2.45) is 0 Å². The van der Waals surface area contributed by atoms with Gasteiger partial charge in [0.2, 0.25) is 26.0 Å². The number of amides is 1. The molecule has 8 nitrogen and oxygen atoms in total. The van der Waals surface area contributed by atoms with Crippen LogP contribution in [-0.4, -0.2) is 59.1 Å². The summed E-state index contributed by atoms with van der Waals surface area (Å²) >= 11 is 0. The van der Waals surface area contributed by atoms with Crippen LogP contribution in [0.2, 0.25) is 0 Å². The zero-order valence-corrected chi connectivity index (χ0v) is 14.8. The maximum absolute atomic E-state index is 12.7. The molecule has 0 saturated carbocycles. The predicted octanol–water partition coefficient (Wildman–Crippen LogP) is 0.0824. The first-order chi connectivity index (χ1) is 11.2. The number of anilines is 1. The maximum Gasteiger partial charge on any atom is 0.243 e. The molecule has 0 aromatic heterocycles. The lowest BCUT2D eigenvalue weighted by Crippen LogP contribution is -2.40. The molecule has 0 atom stereocenters. The Morgan fingerprint density at radius 1 is 1.17 bits per heavy atom. The second kappa shape index (κ2) is 6.10. The molecule has 2 aliphatic heterocycles. The first-order valence-corrected chi connectivity index (χ1v) is 10.5. The van der Waals surface area contributed by atoms with Crippen molar-refractivity contribution < 1.29 is 26.4 Å². The lowest BCUT2D eigenvalue weighted by atomic mass is 10.2. The van der Waals surface area contributed by atoms with Crippen LogP contribution in [0.1, 0.15) is 12.0 Å². The molecule has 0 radical (unpaired) electrons. The van der Waals surface area contributed by atoms with E-state index in [-0.39, 0.29) is 35.8 Å². The number of sulfonamides is 2. The average molecular weight is 374 g/mol. The van der Waals surface area contributed by atoms with Crippen LogP contribution in [0.25, 0.3) is 0 Å². The normalized spacial score (nSPS) is 22.0. The van der Waals surface area contributed by atoms with E-state index in [4.69, 9.17) is 4.74 Å². The molecule has 1 aromatic carbocycles. The lowest BCUT2D eigenvalue weighted by molar-refractivity contribution is -0.116. The summed E-state index contributed by atoms with van der Waals surface area (Å²) in [5.74, 6) is -0.725. The molecule has 2 saturated heterocycles. The largest absolute Gasteiger partial charge is 0.379 e. The minimum Gasteiger partial charge on any atom is -0.379 e. The molecule has 0 aliphatic carbocycles. The molecular weight excluding hydrogens is 356 g/mol. The molecule has 0 unspecified atom stereocenters.